The van der Waals surface area contributed by atoms with Crippen LogP contribution in [0.25, 0.3) is 11.3 Å². The van der Waals surface area contributed by atoms with Crippen LogP contribution in [0.3, 0.4) is 0 Å². The van der Waals surface area contributed by atoms with Crippen molar-refractivity contribution < 1.29 is 18.3 Å². The normalized spacial score (nSPS) is 19.2. The lowest BCUT2D eigenvalue weighted by Gasteiger charge is -2.34. The number of rotatable bonds is 6. The minimum absolute atomic E-state index is 0.0111. The molecule has 212 valence electrons. The van der Waals surface area contributed by atoms with Gasteiger partial charge in [0.15, 0.2) is 5.82 Å². The summed E-state index contributed by atoms with van der Waals surface area (Å²) in [7, 11) is 0. The first-order valence-electron chi connectivity index (χ1n) is 13.2. The summed E-state index contributed by atoms with van der Waals surface area (Å²) in [6.07, 6.45) is -2.54. The summed E-state index contributed by atoms with van der Waals surface area (Å²) in [6.45, 7) is 1.08. The molecule has 0 aliphatic carbocycles. The van der Waals surface area contributed by atoms with Gasteiger partial charge in [-0.25, -0.2) is 9.97 Å². The Hall–Kier alpha value is -3.01. The van der Waals surface area contributed by atoms with E-state index in [1.165, 1.54) is 0 Å². The number of alkyl halides is 3. The van der Waals surface area contributed by atoms with Crippen molar-refractivity contribution in [3.8, 4) is 0 Å². The van der Waals surface area contributed by atoms with E-state index in [0.717, 1.165) is 12.8 Å². The van der Waals surface area contributed by atoms with Gasteiger partial charge in [-0.15, -0.1) is 0 Å². The van der Waals surface area contributed by atoms with Gasteiger partial charge in [0.1, 0.15) is 11.6 Å². The molecule has 1 atom stereocenters. The third-order valence-corrected chi connectivity index (χ3v) is 8.23. The largest absolute Gasteiger partial charge is 0.398 e. The molecular formula is C29H30Cl2F3N5O. The van der Waals surface area contributed by atoms with Crippen molar-refractivity contribution in [2.24, 2.45) is 11.7 Å². The van der Waals surface area contributed by atoms with E-state index in [1.54, 1.807) is 24.3 Å². The zero-order valence-corrected chi connectivity index (χ0v) is 23.2. The van der Waals surface area contributed by atoms with Crippen molar-refractivity contribution >= 4 is 46.1 Å². The van der Waals surface area contributed by atoms with Crippen LogP contribution in [0.4, 0.5) is 24.8 Å². The quantitative estimate of drug-likeness (QED) is 0.323. The number of aliphatic hydroxyl groups excluding tert-OH is 1. The zero-order valence-electron chi connectivity index (χ0n) is 21.7. The fourth-order valence-corrected chi connectivity index (χ4v) is 5.81. The fourth-order valence-electron chi connectivity index (χ4n) is 5.44. The number of nitrogens with zero attached hydrogens (tertiary/aromatic N) is 4. The number of halogens is 5. The first-order chi connectivity index (χ1) is 19.2. The van der Waals surface area contributed by atoms with Crippen molar-refractivity contribution in [3.05, 3.63) is 81.6 Å². The maximum absolute atomic E-state index is 13.4. The average molecular weight is 592 g/mol. The molecule has 0 radical (unpaired) electrons. The van der Waals surface area contributed by atoms with E-state index < -0.39 is 12.1 Å². The van der Waals surface area contributed by atoms with Crippen LogP contribution in [0.15, 0.2) is 54.6 Å². The van der Waals surface area contributed by atoms with Crippen LogP contribution in [0.1, 0.15) is 42.6 Å². The van der Waals surface area contributed by atoms with Gasteiger partial charge < -0.3 is 20.6 Å². The van der Waals surface area contributed by atoms with E-state index in [4.69, 9.17) is 38.9 Å². The van der Waals surface area contributed by atoms with Gasteiger partial charge in [0.25, 0.3) is 0 Å². The summed E-state index contributed by atoms with van der Waals surface area (Å²) >= 11 is 12.7. The lowest BCUT2D eigenvalue weighted by molar-refractivity contribution is -0.179. The molecule has 2 fully saturated rings. The fraction of sp³-hybridized carbons (Fsp3) is 0.379. The summed E-state index contributed by atoms with van der Waals surface area (Å²) < 4.78 is 40.1. The highest BCUT2D eigenvalue weighted by Crippen LogP contribution is 2.38. The van der Waals surface area contributed by atoms with Crippen LogP contribution in [-0.2, 0) is 0 Å². The number of piperidine rings is 1. The number of hydrogen-bond acceptors (Lipinski definition) is 6. The molecule has 1 aromatic heterocycles. The first kappa shape index (κ1) is 28.5. The Balaban J connectivity index is 1.66. The second-order valence-electron chi connectivity index (χ2n) is 10.2. The molecule has 5 rings (SSSR count). The number of aliphatic hydroxyl groups is 1. The molecule has 3 N–H and O–H groups in total. The van der Waals surface area contributed by atoms with Crippen LogP contribution in [0.2, 0.25) is 10.0 Å². The predicted molar refractivity (Wildman–Crippen MR) is 153 cm³/mol. The third kappa shape index (κ3) is 6.01. The van der Waals surface area contributed by atoms with Crippen LogP contribution < -0.4 is 15.5 Å². The Bertz CT molecular complexity index is 1370. The summed E-state index contributed by atoms with van der Waals surface area (Å²) in [4.78, 5) is 13.7. The van der Waals surface area contributed by atoms with Crippen molar-refractivity contribution in [1.29, 1.82) is 0 Å². The van der Waals surface area contributed by atoms with Crippen molar-refractivity contribution in [2.45, 2.75) is 37.9 Å². The number of anilines is 2. The van der Waals surface area contributed by atoms with E-state index >= 15 is 0 Å². The molecule has 1 unspecified atom stereocenters. The van der Waals surface area contributed by atoms with Gasteiger partial charge in [-0.05, 0) is 49.4 Å². The van der Waals surface area contributed by atoms with E-state index in [9.17, 15) is 18.3 Å². The van der Waals surface area contributed by atoms with Gasteiger partial charge in [0.05, 0.1) is 29.8 Å². The monoisotopic (exact) mass is 591 g/mol. The SMILES string of the molecule is NC(=C(c1ccc(Cl)cc1)c1nc(N2CCC(C(F)(F)F)CC2)cc(N2CCCC2CO)n1)c1ccccc1Cl. The lowest BCUT2D eigenvalue weighted by atomic mass is 9.96. The highest BCUT2D eigenvalue weighted by molar-refractivity contribution is 6.32. The Labute approximate surface area is 241 Å². The Morgan fingerprint density at radius 2 is 1.62 bits per heavy atom. The van der Waals surface area contributed by atoms with E-state index in [0.29, 0.717) is 56.4 Å². The lowest BCUT2D eigenvalue weighted by Crippen LogP contribution is -2.40. The molecule has 3 aromatic rings. The van der Waals surface area contributed by atoms with Gasteiger partial charge in [0.2, 0.25) is 0 Å². The Kier molecular flexibility index (Phi) is 8.44. The number of hydrogen-bond donors (Lipinski definition) is 2. The maximum Gasteiger partial charge on any atom is 0.391 e. The third-order valence-electron chi connectivity index (χ3n) is 7.65. The van der Waals surface area contributed by atoms with Crippen LogP contribution in [0.5, 0.6) is 0 Å². The van der Waals surface area contributed by atoms with Gasteiger partial charge in [-0.3, -0.25) is 0 Å². The van der Waals surface area contributed by atoms with Gasteiger partial charge in [0, 0.05) is 41.3 Å². The maximum atomic E-state index is 13.4. The summed E-state index contributed by atoms with van der Waals surface area (Å²) in [6, 6.07) is 16.0. The molecule has 0 bridgehead atoms. The second kappa shape index (κ2) is 11.8. The molecule has 0 saturated carbocycles. The number of nitrogens with two attached hydrogens (primary N) is 1. The Morgan fingerprint density at radius 3 is 2.27 bits per heavy atom. The molecule has 0 spiro atoms. The minimum atomic E-state index is -4.22. The molecule has 0 amide bonds. The molecule has 2 aliphatic rings. The Morgan fingerprint density at radius 1 is 0.950 bits per heavy atom. The molecule has 2 saturated heterocycles. The number of aromatic nitrogens is 2. The topological polar surface area (TPSA) is 78.5 Å². The van der Waals surface area contributed by atoms with Crippen LogP contribution >= 0.6 is 23.2 Å². The smallest absolute Gasteiger partial charge is 0.391 e. The van der Waals surface area contributed by atoms with E-state index in [1.807, 2.05) is 40.1 Å². The highest BCUT2D eigenvalue weighted by atomic mass is 35.5. The van der Waals surface area contributed by atoms with Crippen LogP contribution in [0, 0.1) is 5.92 Å². The van der Waals surface area contributed by atoms with Gasteiger partial charge >= 0.3 is 6.18 Å². The molecule has 2 aromatic carbocycles. The van der Waals surface area contributed by atoms with Crippen molar-refractivity contribution in [3.63, 3.8) is 0 Å². The van der Waals surface area contributed by atoms with Crippen molar-refractivity contribution in [1.82, 2.24) is 9.97 Å². The van der Waals surface area contributed by atoms with Crippen molar-refractivity contribution in [2.75, 3.05) is 36.0 Å². The average Bonchev–Trinajstić information content (AvgIpc) is 3.43. The summed E-state index contributed by atoms with van der Waals surface area (Å²) in [5.41, 5.74) is 8.97. The second-order valence-corrected chi connectivity index (χ2v) is 11.0. The van der Waals surface area contributed by atoms with E-state index in [2.05, 4.69) is 0 Å². The molecule has 3 heterocycles. The molecular weight excluding hydrogens is 562 g/mol. The van der Waals surface area contributed by atoms with Gasteiger partial charge in [-0.1, -0.05) is 53.5 Å². The minimum Gasteiger partial charge on any atom is -0.398 e. The highest BCUT2D eigenvalue weighted by Gasteiger charge is 2.41. The molecule has 11 heteroatoms. The van der Waals surface area contributed by atoms with Crippen LogP contribution in [-0.4, -0.2) is 53.5 Å². The predicted octanol–water partition coefficient (Wildman–Crippen LogP) is 6.40. The molecule has 40 heavy (non-hydrogen) atoms. The standard InChI is InChI=1S/C29H30Cl2F3N5O/c30-20-9-7-18(8-10-20)26(27(35)22-5-1-2-6-23(22)31)28-36-24(38-14-11-19(12-15-38)29(32,33)34)16-25(37-28)39-13-3-4-21(39)17-40/h1-2,5-10,16,19,21,40H,3-4,11-15,17,35H2. The zero-order chi connectivity index (χ0) is 28.4. The summed E-state index contributed by atoms with van der Waals surface area (Å²) in [5, 5.41) is 11.0. The molecule has 6 nitrogen and oxygen atoms in total. The summed E-state index contributed by atoms with van der Waals surface area (Å²) in [5.74, 6) is 0.0894. The molecule has 2 aliphatic heterocycles. The van der Waals surface area contributed by atoms with E-state index in [-0.39, 0.29) is 38.6 Å². The number of benzene rings is 2. The first-order valence-corrected chi connectivity index (χ1v) is 14.0. The van der Waals surface area contributed by atoms with Gasteiger partial charge in [-0.2, -0.15) is 13.2 Å².